The quantitative estimate of drug-likeness (QED) is 0.157. The van der Waals surface area contributed by atoms with E-state index in [1.165, 1.54) is 16.9 Å². The third kappa shape index (κ3) is 6.00. The smallest absolute Gasteiger partial charge is 0.174 e. The predicted molar refractivity (Wildman–Crippen MR) is 139 cm³/mol. The number of nitrogens with zero attached hydrogens (tertiary/aromatic N) is 1. The van der Waals surface area contributed by atoms with Crippen LogP contribution in [0.3, 0.4) is 0 Å². The lowest BCUT2D eigenvalue weighted by Crippen LogP contribution is -2.02. The van der Waals surface area contributed by atoms with Gasteiger partial charge in [0.1, 0.15) is 11.4 Å². The van der Waals surface area contributed by atoms with E-state index >= 15 is 0 Å². The Bertz CT molecular complexity index is 1150. The molecular weight excluding hydrogens is 426 g/mol. The number of ether oxygens (including phenoxy) is 1. The molecule has 33 heavy (non-hydrogen) atoms. The summed E-state index contributed by atoms with van der Waals surface area (Å²) in [4.78, 5) is 1.35. The topological polar surface area (TPSA) is 35.3 Å². The monoisotopic (exact) mass is 459 g/mol. The van der Waals surface area contributed by atoms with Crippen LogP contribution < -0.4 is 4.74 Å². The molecule has 0 amide bonds. The fourth-order valence-electron chi connectivity index (χ4n) is 4.08. The molecule has 0 bridgehead atoms. The zero-order valence-corrected chi connectivity index (χ0v) is 20.5. The number of aromatic nitrogens is 1. The maximum Gasteiger partial charge on any atom is 0.174 e. The molecule has 0 saturated heterocycles. The van der Waals surface area contributed by atoms with Crippen LogP contribution in [0.2, 0.25) is 0 Å². The molecule has 0 aliphatic rings. The van der Waals surface area contributed by atoms with Crippen LogP contribution in [0.1, 0.15) is 50.7 Å². The van der Waals surface area contributed by atoms with Crippen molar-refractivity contribution in [2.24, 2.45) is 0 Å². The fraction of sp³-hybridized carbons (Fsp3) is 0.345. The number of fused-ring (bicyclic) bond motifs is 1. The first-order valence-corrected chi connectivity index (χ1v) is 13.1. The van der Waals surface area contributed by atoms with Gasteiger partial charge in [-0.2, -0.15) is 0 Å². The first-order valence-electron chi connectivity index (χ1n) is 12.1. The molecule has 0 aliphatic carbocycles. The zero-order valence-electron chi connectivity index (χ0n) is 19.7. The van der Waals surface area contributed by atoms with Gasteiger partial charge in [0.25, 0.3) is 0 Å². The highest BCUT2D eigenvalue weighted by molar-refractivity contribution is 7.99. The van der Waals surface area contributed by atoms with Crippen LogP contribution in [-0.2, 0) is 12.8 Å². The number of hydrogen-bond donors (Lipinski definition) is 0. The van der Waals surface area contributed by atoms with Gasteiger partial charge >= 0.3 is 0 Å². The van der Waals surface area contributed by atoms with Crippen molar-refractivity contribution in [2.45, 2.75) is 57.3 Å². The minimum atomic E-state index is 0.700. The molecule has 0 aliphatic heterocycles. The molecule has 3 nitrogen and oxygen atoms in total. The minimum Gasteiger partial charge on any atom is -0.493 e. The van der Waals surface area contributed by atoms with Crippen molar-refractivity contribution in [3.63, 3.8) is 0 Å². The van der Waals surface area contributed by atoms with Gasteiger partial charge in [0.2, 0.25) is 0 Å². The second kappa shape index (κ2) is 11.9. The minimum absolute atomic E-state index is 0.700. The number of rotatable bonds is 12. The van der Waals surface area contributed by atoms with Crippen molar-refractivity contribution in [3.8, 4) is 17.0 Å². The summed E-state index contributed by atoms with van der Waals surface area (Å²) in [5.74, 6) is 1.98. The molecule has 4 rings (SSSR count). The molecule has 0 N–H and O–H groups in total. The van der Waals surface area contributed by atoms with Gasteiger partial charge in [0.05, 0.1) is 12.0 Å². The van der Waals surface area contributed by atoms with Gasteiger partial charge in [-0.1, -0.05) is 74.3 Å². The Morgan fingerprint density at radius 2 is 1.76 bits per heavy atom. The average molecular weight is 460 g/mol. The molecule has 3 aromatic carbocycles. The molecule has 4 heteroatoms. The van der Waals surface area contributed by atoms with Gasteiger partial charge < -0.3 is 9.26 Å². The van der Waals surface area contributed by atoms with E-state index < -0.39 is 0 Å². The van der Waals surface area contributed by atoms with E-state index in [4.69, 9.17) is 9.26 Å². The molecule has 1 aromatic heterocycles. The van der Waals surface area contributed by atoms with E-state index in [0.717, 1.165) is 71.4 Å². The largest absolute Gasteiger partial charge is 0.493 e. The Morgan fingerprint density at radius 3 is 2.58 bits per heavy atom. The normalized spacial score (nSPS) is 11.2. The summed E-state index contributed by atoms with van der Waals surface area (Å²) in [7, 11) is 0. The van der Waals surface area contributed by atoms with Gasteiger partial charge in [-0.05, 0) is 55.5 Å². The van der Waals surface area contributed by atoms with Crippen LogP contribution in [0.4, 0.5) is 0 Å². The van der Waals surface area contributed by atoms with E-state index in [2.05, 4.69) is 67.5 Å². The average Bonchev–Trinajstić information content (AvgIpc) is 3.28. The summed E-state index contributed by atoms with van der Waals surface area (Å²) in [6, 6.07) is 23.3. The molecule has 1 heterocycles. The molecule has 172 valence electrons. The zero-order chi connectivity index (χ0) is 22.9. The summed E-state index contributed by atoms with van der Waals surface area (Å²) in [6.45, 7) is 5.14. The maximum absolute atomic E-state index is 6.26. The maximum atomic E-state index is 6.26. The van der Waals surface area contributed by atoms with Crippen LogP contribution in [0.5, 0.6) is 5.75 Å². The van der Waals surface area contributed by atoms with Gasteiger partial charge in [-0.15, -0.1) is 11.8 Å². The summed E-state index contributed by atoms with van der Waals surface area (Å²) < 4.78 is 12.1. The number of hydrogen-bond acceptors (Lipinski definition) is 4. The standard InChI is InChI=1S/C29H33NO2S/c1-3-5-16-25-27(31-19-10-20-33-24-15-9-12-22(21-24)11-4-2)18-17-26-28(30-32-29(25)26)23-13-7-6-8-14-23/h6-9,12-15,17-18,21H,3-5,10-11,16,19-20H2,1-2H3. The summed E-state index contributed by atoms with van der Waals surface area (Å²) in [5, 5.41) is 5.46. The van der Waals surface area contributed by atoms with Gasteiger partial charge in [-0.3, -0.25) is 0 Å². The van der Waals surface area contributed by atoms with Crippen LogP contribution in [0, 0.1) is 0 Å². The third-order valence-corrected chi connectivity index (χ3v) is 6.86. The summed E-state index contributed by atoms with van der Waals surface area (Å²) in [5.41, 5.74) is 5.41. The summed E-state index contributed by atoms with van der Waals surface area (Å²) in [6.07, 6.45) is 6.49. The molecule has 0 fully saturated rings. The lowest BCUT2D eigenvalue weighted by atomic mass is 10.0. The molecule has 0 unspecified atom stereocenters. The highest BCUT2D eigenvalue weighted by atomic mass is 32.2. The SMILES string of the molecule is CCCCc1c(OCCCSc2cccc(CCC)c2)ccc2c(-c3ccccc3)noc12. The number of benzene rings is 3. The van der Waals surface area contributed by atoms with Gasteiger partial charge in [-0.25, -0.2) is 0 Å². The van der Waals surface area contributed by atoms with E-state index in [1.54, 1.807) is 0 Å². The van der Waals surface area contributed by atoms with Crippen LogP contribution >= 0.6 is 11.8 Å². The van der Waals surface area contributed by atoms with Crippen molar-refractivity contribution in [3.05, 3.63) is 77.9 Å². The third-order valence-electron chi connectivity index (χ3n) is 5.78. The molecule has 0 radical (unpaired) electrons. The molecule has 0 spiro atoms. The molecular formula is C29H33NO2S. The van der Waals surface area contributed by atoms with Crippen LogP contribution in [0.25, 0.3) is 22.2 Å². The lowest BCUT2D eigenvalue weighted by molar-refractivity contribution is 0.314. The first-order chi connectivity index (χ1) is 16.3. The van der Waals surface area contributed by atoms with Crippen molar-refractivity contribution in [1.82, 2.24) is 5.16 Å². The molecule has 0 atom stereocenters. The Balaban J connectivity index is 1.42. The van der Waals surface area contributed by atoms with E-state index in [1.807, 2.05) is 30.0 Å². The summed E-state index contributed by atoms with van der Waals surface area (Å²) >= 11 is 1.91. The Morgan fingerprint density at radius 1 is 0.879 bits per heavy atom. The van der Waals surface area contributed by atoms with Crippen molar-refractivity contribution < 1.29 is 9.26 Å². The van der Waals surface area contributed by atoms with E-state index in [-0.39, 0.29) is 0 Å². The second-order valence-electron chi connectivity index (χ2n) is 8.37. The number of aryl methyl sites for hydroxylation is 2. The van der Waals surface area contributed by atoms with Gasteiger partial charge in [0, 0.05) is 21.8 Å². The van der Waals surface area contributed by atoms with Crippen molar-refractivity contribution >= 4 is 22.7 Å². The molecule has 4 aromatic rings. The van der Waals surface area contributed by atoms with Crippen molar-refractivity contribution in [2.75, 3.05) is 12.4 Å². The van der Waals surface area contributed by atoms with Crippen LogP contribution in [-0.4, -0.2) is 17.5 Å². The Hall–Kier alpha value is -2.72. The highest BCUT2D eigenvalue weighted by Crippen LogP contribution is 2.35. The lowest BCUT2D eigenvalue weighted by Gasteiger charge is -2.12. The number of thioether (sulfide) groups is 1. The fourth-order valence-corrected chi connectivity index (χ4v) is 4.99. The second-order valence-corrected chi connectivity index (χ2v) is 9.54. The Kier molecular flexibility index (Phi) is 8.48. The van der Waals surface area contributed by atoms with Crippen molar-refractivity contribution in [1.29, 1.82) is 0 Å². The highest BCUT2D eigenvalue weighted by Gasteiger charge is 2.17. The first kappa shape index (κ1) is 23.4. The van der Waals surface area contributed by atoms with Gasteiger partial charge in [0.15, 0.2) is 5.58 Å². The molecule has 0 saturated carbocycles. The Labute approximate surface area is 201 Å². The number of unbranched alkanes of at least 4 members (excludes halogenated alkanes) is 1. The van der Waals surface area contributed by atoms with Crippen LogP contribution in [0.15, 0.2) is 76.1 Å². The van der Waals surface area contributed by atoms with E-state index in [9.17, 15) is 0 Å². The van der Waals surface area contributed by atoms with E-state index in [0.29, 0.717) is 6.61 Å². The predicted octanol–water partition coefficient (Wildman–Crippen LogP) is 8.35.